The van der Waals surface area contributed by atoms with Crippen LogP contribution in [0.5, 0.6) is 0 Å². The molecule has 5 heteroatoms. The van der Waals surface area contributed by atoms with Crippen molar-refractivity contribution < 1.29 is 14.7 Å². The molecular formula is C16H24N2O3. The van der Waals surface area contributed by atoms with E-state index in [9.17, 15) is 9.59 Å². The van der Waals surface area contributed by atoms with Crippen LogP contribution in [0, 0.1) is 5.41 Å². The number of carboxylic acid groups (broad SMARTS) is 1. The molecule has 5 nitrogen and oxygen atoms in total. The Hall–Kier alpha value is -1.88. The van der Waals surface area contributed by atoms with Crippen molar-refractivity contribution in [1.82, 2.24) is 5.32 Å². The summed E-state index contributed by atoms with van der Waals surface area (Å²) >= 11 is 0. The Kier molecular flexibility index (Phi) is 5.12. The van der Waals surface area contributed by atoms with Crippen LogP contribution in [-0.4, -0.2) is 22.5 Å². The van der Waals surface area contributed by atoms with E-state index >= 15 is 0 Å². The van der Waals surface area contributed by atoms with E-state index in [0.717, 1.165) is 5.56 Å². The summed E-state index contributed by atoms with van der Waals surface area (Å²) in [5, 5.41) is 11.7. The molecule has 1 aromatic carbocycles. The Morgan fingerprint density at radius 2 is 1.67 bits per heavy atom. The first kappa shape index (κ1) is 17.2. The summed E-state index contributed by atoms with van der Waals surface area (Å²) in [6.45, 7) is 7.51. The molecule has 0 aliphatic heterocycles. The van der Waals surface area contributed by atoms with Crippen LogP contribution >= 0.6 is 0 Å². The van der Waals surface area contributed by atoms with E-state index in [1.807, 2.05) is 26.0 Å². The maximum atomic E-state index is 12.3. The Morgan fingerprint density at radius 3 is 2.14 bits per heavy atom. The van der Waals surface area contributed by atoms with Crippen LogP contribution in [0.4, 0.5) is 0 Å². The normalized spacial score (nSPS) is 12.0. The van der Waals surface area contributed by atoms with E-state index < -0.39 is 16.9 Å². The zero-order valence-electron chi connectivity index (χ0n) is 13.1. The number of aliphatic carboxylic acids is 1. The highest BCUT2D eigenvalue weighted by molar-refractivity contribution is 5.83. The lowest BCUT2D eigenvalue weighted by Gasteiger charge is -2.37. The van der Waals surface area contributed by atoms with Gasteiger partial charge in [0.1, 0.15) is 0 Å². The van der Waals surface area contributed by atoms with E-state index in [2.05, 4.69) is 5.32 Å². The van der Waals surface area contributed by atoms with Crippen molar-refractivity contribution >= 4 is 11.9 Å². The molecule has 0 saturated heterocycles. The lowest BCUT2D eigenvalue weighted by Crippen LogP contribution is -2.55. The minimum Gasteiger partial charge on any atom is -0.481 e. The molecule has 4 N–H and O–H groups in total. The Balaban J connectivity index is 2.81. The van der Waals surface area contributed by atoms with Crippen molar-refractivity contribution in [3.05, 3.63) is 35.4 Å². The molecule has 21 heavy (non-hydrogen) atoms. The summed E-state index contributed by atoms with van der Waals surface area (Å²) < 4.78 is 0. The van der Waals surface area contributed by atoms with Crippen LogP contribution in [0.1, 0.15) is 38.8 Å². The summed E-state index contributed by atoms with van der Waals surface area (Å²) in [6, 6.07) is 7.19. The van der Waals surface area contributed by atoms with E-state index in [-0.39, 0.29) is 12.3 Å². The summed E-state index contributed by atoms with van der Waals surface area (Å²) in [6.07, 6.45) is -0.0577. The quantitative estimate of drug-likeness (QED) is 0.744. The van der Waals surface area contributed by atoms with E-state index in [4.69, 9.17) is 10.8 Å². The number of carbonyl (C=O) groups excluding carboxylic acids is 1. The topological polar surface area (TPSA) is 92.4 Å². The maximum Gasteiger partial charge on any atom is 0.307 e. The molecule has 1 rings (SSSR count). The molecule has 0 bridgehead atoms. The van der Waals surface area contributed by atoms with Crippen LogP contribution < -0.4 is 11.1 Å². The minimum atomic E-state index is -0.891. The summed E-state index contributed by atoms with van der Waals surface area (Å²) in [5.74, 6) is -1.04. The molecule has 0 atom stereocenters. The first-order valence-corrected chi connectivity index (χ1v) is 6.91. The van der Waals surface area contributed by atoms with Gasteiger partial charge in [0.2, 0.25) is 5.91 Å². The van der Waals surface area contributed by atoms with Crippen molar-refractivity contribution in [2.24, 2.45) is 11.1 Å². The van der Waals surface area contributed by atoms with Gasteiger partial charge in [-0.1, -0.05) is 24.3 Å². The zero-order valence-corrected chi connectivity index (χ0v) is 13.1. The molecule has 116 valence electrons. The van der Waals surface area contributed by atoms with Crippen molar-refractivity contribution in [3.8, 4) is 0 Å². The molecule has 0 aromatic heterocycles. The van der Waals surface area contributed by atoms with Gasteiger partial charge in [-0.3, -0.25) is 9.59 Å². The van der Waals surface area contributed by atoms with E-state index in [1.54, 1.807) is 26.0 Å². The SMILES string of the molecule is CC(C)(N)C(C)(C)C(=O)NCc1ccccc1CC(=O)O. The van der Waals surface area contributed by atoms with Crippen molar-refractivity contribution in [3.63, 3.8) is 0 Å². The lowest BCUT2D eigenvalue weighted by atomic mass is 9.74. The van der Waals surface area contributed by atoms with Crippen LogP contribution in [0.25, 0.3) is 0 Å². The molecule has 0 aliphatic rings. The highest BCUT2D eigenvalue weighted by Gasteiger charge is 2.40. The van der Waals surface area contributed by atoms with Gasteiger partial charge in [-0.15, -0.1) is 0 Å². The van der Waals surface area contributed by atoms with Gasteiger partial charge in [0.05, 0.1) is 11.8 Å². The Bertz CT molecular complexity index is 531. The molecule has 0 aliphatic carbocycles. The number of nitrogens with two attached hydrogens (primary N) is 1. The van der Waals surface area contributed by atoms with Gasteiger partial charge in [-0.25, -0.2) is 0 Å². The number of rotatable bonds is 6. The molecule has 0 saturated carbocycles. The first-order valence-electron chi connectivity index (χ1n) is 6.91. The van der Waals surface area contributed by atoms with Gasteiger partial charge in [0, 0.05) is 12.1 Å². The van der Waals surface area contributed by atoms with Crippen molar-refractivity contribution in [2.45, 2.75) is 46.2 Å². The number of nitrogens with one attached hydrogen (secondary N) is 1. The number of carbonyl (C=O) groups is 2. The zero-order chi connectivity index (χ0) is 16.3. The average Bonchev–Trinajstić information content (AvgIpc) is 2.35. The van der Waals surface area contributed by atoms with Crippen molar-refractivity contribution in [2.75, 3.05) is 0 Å². The largest absolute Gasteiger partial charge is 0.481 e. The Morgan fingerprint density at radius 1 is 1.14 bits per heavy atom. The van der Waals surface area contributed by atoms with Gasteiger partial charge >= 0.3 is 5.97 Å². The van der Waals surface area contributed by atoms with Crippen LogP contribution in [0.2, 0.25) is 0 Å². The molecule has 1 aromatic rings. The molecule has 1 amide bonds. The molecule has 0 fully saturated rings. The predicted molar refractivity (Wildman–Crippen MR) is 81.7 cm³/mol. The number of hydrogen-bond acceptors (Lipinski definition) is 3. The van der Waals surface area contributed by atoms with E-state index in [1.165, 1.54) is 0 Å². The smallest absolute Gasteiger partial charge is 0.307 e. The van der Waals surface area contributed by atoms with Crippen LogP contribution in [-0.2, 0) is 22.6 Å². The second kappa shape index (κ2) is 6.26. The summed E-state index contributed by atoms with van der Waals surface area (Å²) in [7, 11) is 0. The van der Waals surface area contributed by atoms with Gasteiger partial charge < -0.3 is 16.2 Å². The lowest BCUT2D eigenvalue weighted by molar-refractivity contribution is -0.136. The highest BCUT2D eigenvalue weighted by Crippen LogP contribution is 2.28. The standard InChI is InChI=1S/C16H24N2O3/c1-15(2,16(3,4)17)14(21)18-10-12-8-6-5-7-11(12)9-13(19)20/h5-8H,9-10,17H2,1-4H3,(H,18,21)(H,19,20). The van der Waals surface area contributed by atoms with Gasteiger partial charge in [0.25, 0.3) is 0 Å². The third kappa shape index (κ3) is 4.29. The number of hydrogen-bond donors (Lipinski definition) is 3. The highest BCUT2D eigenvalue weighted by atomic mass is 16.4. The fraction of sp³-hybridized carbons (Fsp3) is 0.500. The third-order valence-electron chi connectivity index (χ3n) is 4.08. The number of carboxylic acids is 1. The molecule has 0 unspecified atom stereocenters. The van der Waals surface area contributed by atoms with Crippen molar-refractivity contribution in [1.29, 1.82) is 0 Å². The van der Waals surface area contributed by atoms with E-state index in [0.29, 0.717) is 12.1 Å². The second-order valence-electron chi connectivity index (χ2n) is 6.37. The minimum absolute atomic E-state index is 0.0577. The maximum absolute atomic E-state index is 12.3. The second-order valence-corrected chi connectivity index (χ2v) is 6.37. The van der Waals surface area contributed by atoms with Gasteiger partial charge in [-0.05, 0) is 38.8 Å². The summed E-state index contributed by atoms with van der Waals surface area (Å²) in [5.41, 5.74) is 6.17. The van der Waals surface area contributed by atoms with Gasteiger partial charge in [-0.2, -0.15) is 0 Å². The molecular weight excluding hydrogens is 268 g/mol. The number of benzene rings is 1. The first-order chi connectivity index (χ1) is 9.55. The number of amides is 1. The van der Waals surface area contributed by atoms with Crippen LogP contribution in [0.3, 0.4) is 0 Å². The van der Waals surface area contributed by atoms with Crippen LogP contribution in [0.15, 0.2) is 24.3 Å². The summed E-state index contributed by atoms with van der Waals surface area (Å²) in [4.78, 5) is 23.2. The average molecular weight is 292 g/mol. The fourth-order valence-corrected chi connectivity index (χ4v) is 1.75. The monoisotopic (exact) mass is 292 g/mol. The Labute approximate surface area is 125 Å². The fourth-order valence-electron chi connectivity index (χ4n) is 1.75. The molecule has 0 radical (unpaired) electrons. The molecule has 0 heterocycles. The predicted octanol–water partition coefficient (Wildman–Crippen LogP) is 1.69. The third-order valence-corrected chi connectivity index (χ3v) is 4.08. The molecule has 0 spiro atoms. The van der Waals surface area contributed by atoms with Gasteiger partial charge in [0.15, 0.2) is 0 Å².